The standard InChI is InChI=1S/C14H19N5O/c1-17(11-5-6-11)8-9-18(2)14(20)12-10-15-13-4-3-7-16-19(12)13/h3-4,7,10-11H,5-6,8-9H2,1-2H3. The van der Waals surface area contributed by atoms with Crippen LogP contribution in [-0.2, 0) is 0 Å². The van der Waals surface area contributed by atoms with E-state index in [-0.39, 0.29) is 5.91 Å². The highest BCUT2D eigenvalue weighted by Crippen LogP contribution is 2.24. The summed E-state index contributed by atoms with van der Waals surface area (Å²) in [6.07, 6.45) is 5.81. The first kappa shape index (κ1) is 13.1. The quantitative estimate of drug-likeness (QED) is 0.812. The van der Waals surface area contributed by atoms with Crippen molar-refractivity contribution >= 4 is 11.6 Å². The van der Waals surface area contributed by atoms with Crippen LogP contribution in [0.5, 0.6) is 0 Å². The Bertz CT molecular complexity index is 619. The minimum Gasteiger partial charge on any atom is -0.339 e. The third-order valence-electron chi connectivity index (χ3n) is 3.80. The molecule has 1 aliphatic carbocycles. The molecule has 106 valence electrons. The van der Waals surface area contributed by atoms with Crippen molar-refractivity contribution in [2.75, 3.05) is 27.2 Å². The number of carbonyl (C=O) groups is 1. The summed E-state index contributed by atoms with van der Waals surface area (Å²) in [7, 11) is 3.94. The number of hydrogen-bond acceptors (Lipinski definition) is 4. The molecule has 0 bridgehead atoms. The van der Waals surface area contributed by atoms with Crippen LogP contribution < -0.4 is 0 Å². The summed E-state index contributed by atoms with van der Waals surface area (Å²) in [5.41, 5.74) is 1.21. The molecule has 2 aromatic rings. The van der Waals surface area contributed by atoms with Crippen molar-refractivity contribution in [3.8, 4) is 0 Å². The van der Waals surface area contributed by atoms with E-state index >= 15 is 0 Å². The molecule has 0 spiro atoms. The van der Waals surface area contributed by atoms with Crippen LogP contribution in [0.15, 0.2) is 24.5 Å². The highest BCUT2D eigenvalue weighted by atomic mass is 16.2. The van der Waals surface area contributed by atoms with Crippen LogP contribution in [0.4, 0.5) is 0 Å². The second-order valence-electron chi connectivity index (χ2n) is 5.38. The first-order valence-corrected chi connectivity index (χ1v) is 6.91. The van der Waals surface area contributed by atoms with Crippen LogP contribution in [0.3, 0.4) is 0 Å². The number of hydrogen-bond donors (Lipinski definition) is 0. The third kappa shape index (κ3) is 2.51. The van der Waals surface area contributed by atoms with Crippen molar-refractivity contribution in [2.45, 2.75) is 18.9 Å². The van der Waals surface area contributed by atoms with Gasteiger partial charge in [0.15, 0.2) is 11.3 Å². The molecule has 0 radical (unpaired) electrons. The van der Waals surface area contributed by atoms with Gasteiger partial charge in [0.25, 0.3) is 5.91 Å². The number of carbonyl (C=O) groups excluding carboxylic acids is 1. The van der Waals surface area contributed by atoms with Crippen LogP contribution in [0, 0.1) is 0 Å². The minimum atomic E-state index is -0.0413. The predicted molar refractivity (Wildman–Crippen MR) is 75.6 cm³/mol. The molecule has 2 aromatic heterocycles. The van der Waals surface area contributed by atoms with Crippen LogP contribution in [0.2, 0.25) is 0 Å². The summed E-state index contributed by atoms with van der Waals surface area (Å²) in [4.78, 5) is 20.7. The van der Waals surface area contributed by atoms with Crippen LogP contribution in [0.25, 0.3) is 5.65 Å². The van der Waals surface area contributed by atoms with Crippen LogP contribution in [0.1, 0.15) is 23.3 Å². The van der Waals surface area contributed by atoms with Gasteiger partial charge in [0.1, 0.15) is 0 Å². The Balaban J connectivity index is 1.68. The van der Waals surface area contributed by atoms with E-state index in [1.54, 1.807) is 21.8 Å². The Morgan fingerprint density at radius 3 is 2.95 bits per heavy atom. The first-order valence-electron chi connectivity index (χ1n) is 6.91. The Hall–Kier alpha value is -1.95. The summed E-state index contributed by atoms with van der Waals surface area (Å²) in [6, 6.07) is 4.37. The van der Waals surface area contributed by atoms with Crippen molar-refractivity contribution < 1.29 is 4.79 Å². The van der Waals surface area contributed by atoms with E-state index in [1.165, 1.54) is 12.8 Å². The Morgan fingerprint density at radius 1 is 1.40 bits per heavy atom. The first-order chi connectivity index (χ1) is 9.66. The summed E-state index contributed by atoms with van der Waals surface area (Å²) in [5.74, 6) is -0.0413. The average molecular weight is 273 g/mol. The summed E-state index contributed by atoms with van der Waals surface area (Å²) in [5, 5.41) is 4.17. The number of likely N-dealkylation sites (N-methyl/N-ethyl adjacent to an activating group) is 2. The van der Waals surface area contributed by atoms with Crippen LogP contribution >= 0.6 is 0 Å². The Kier molecular flexibility index (Phi) is 3.40. The van der Waals surface area contributed by atoms with Gasteiger partial charge in [0, 0.05) is 32.4 Å². The maximum Gasteiger partial charge on any atom is 0.273 e. The van der Waals surface area contributed by atoms with E-state index < -0.39 is 0 Å². The average Bonchev–Trinajstić information content (AvgIpc) is 3.23. The normalized spacial score (nSPS) is 14.9. The van der Waals surface area contributed by atoms with Crippen LogP contribution in [-0.4, -0.2) is 63.5 Å². The molecule has 2 heterocycles. The second-order valence-corrected chi connectivity index (χ2v) is 5.38. The minimum absolute atomic E-state index is 0.0413. The zero-order chi connectivity index (χ0) is 14.1. The van der Waals surface area contributed by atoms with Gasteiger partial charge in [0.05, 0.1) is 6.20 Å². The summed E-state index contributed by atoms with van der Waals surface area (Å²) >= 11 is 0. The fourth-order valence-corrected chi connectivity index (χ4v) is 2.28. The number of imidazole rings is 1. The SMILES string of the molecule is CN(CCN(C)C1CC1)C(=O)c1cnc2cccnn12. The zero-order valence-corrected chi connectivity index (χ0v) is 11.9. The number of fused-ring (bicyclic) bond motifs is 1. The molecule has 0 aliphatic heterocycles. The van der Waals surface area contributed by atoms with E-state index in [2.05, 4.69) is 22.0 Å². The van der Waals surface area contributed by atoms with E-state index in [1.807, 2.05) is 19.2 Å². The van der Waals surface area contributed by atoms with Crippen molar-refractivity contribution in [1.82, 2.24) is 24.4 Å². The maximum atomic E-state index is 12.4. The summed E-state index contributed by atoms with van der Waals surface area (Å²) in [6.45, 7) is 1.61. The Labute approximate surface area is 118 Å². The van der Waals surface area contributed by atoms with Crippen molar-refractivity contribution in [1.29, 1.82) is 0 Å². The topological polar surface area (TPSA) is 53.7 Å². The fraction of sp³-hybridized carbons (Fsp3) is 0.500. The molecule has 0 unspecified atom stereocenters. The largest absolute Gasteiger partial charge is 0.339 e. The zero-order valence-electron chi connectivity index (χ0n) is 11.9. The molecular weight excluding hydrogens is 254 g/mol. The molecule has 0 aromatic carbocycles. The molecule has 1 fully saturated rings. The molecule has 1 amide bonds. The van der Waals surface area contributed by atoms with E-state index in [4.69, 9.17) is 0 Å². The van der Waals surface area contributed by atoms with Crippen molar-refractivity contribution in [2.24, 2.45) is 0 Å². The number of aromatic nitrogens is 3. The molecular formula is C14H19N5O. The van der Waals surface area contributed by atoms with Gasteiger partial charge in [0.2, 0.25) is 0 Å². The highest BCUT2D eigenvalue weighted by Gasteiger charge is 2.26. The van der Waals surface area contributed by atoms with E-state index in [0.29, 0.717) is 17.9 Å². The number of rotatable bonds is 5. The summed E-state index contributed by atoms with van der Waals surface area (Å²) < 4.78 is 1.59. The molecule has 0 saturated heterocycles. The lowest BCUT2D eigenvalue weighted by Crippen LogP contribution is -2.36. The lowest BCUT2D eigenvalue weighted by Gasteiger charge is -2.21. The van der Waals surface area contributed by atoms with E-state index in [0.717, 1.165) is 12.6 Å². The monoisotopic (exact) mass is 273 g/mol. The molecule has 1 saturated carbocycles. The molecule has 3 rings (SSSR count). The van der Waals surface area contributed by atoms with Gasteiger partial charge in [-0.15, -0.1) is 0 Å². The molecule has 6 heteroatoms. The predicted octanol–water partition coefficient (Wildman–Crippen LogP) is 0.895. The lowest BCUT2D eigenvalue weighted by atomic mass is 10.4. The van der Waals surface area contributed by atoms with Crippen molar-refractivity contribution in [3.63, 3.8) is 0 Å². The maximum absolute atomic E-state index is 12.4. The van der Waals surface area contributed by atoms with Gasteiger partial charge in [-0.3, -0.25) is 4.79 Å². The lowest BCUT2D eigenvalue weighted by molar-refractivity contribution is 0.0773. The van der Waals surface area contributed by atoms with Gasteiger partial charge >= 0.3 is 0 Å². The van der Waals surface area contributed by atoms with Gasteiger partial charge in [-0.1, -0.05) is 0 Å². The smallest absolute Gasteiger partial charge is 0.273 e. The van der Waals surface area contributed by atoms with Crippen molar-refractivity contribution in [3.05, 3.63) is 30.2 Å². The Morgan fingerprint density at radius 2 is 2.20 bits per heavy atom. The highest BCUT2D eigenvalue weighted by molar-refractivity contribution is 5.92. The van der Waals surface area contributed by atoms with Gasteiger partial charge in [-0.2, -0.15) is 5.10 Å². The second kappa shape index (κ2) is 5.20. The molecule has 6 nitrogen and oxygen atoms in total. The fourth-order valence-electron chi connectivity index (χ4n) is 2.28. The molecule has 0 N–H and O–H groups in total. The van der Waals surface area contributed by atoms with Gasteiger partial charge in [-0.25, -0.2) is 9.50 Å². The molecule has 0 atom stereocenters. The number of nitrogens with zero attached hydrogens (tertiary/aromatic N) is 5. The number of amides is 1. The van der Waals surface area contributed by atoms with Gasteiger partial charge in [-0.05, 0) is 32.0 Å². The molecule has 20 heavy (non-hydrogen) atoms. The van der Waals surface area contributed by atoms with E-state index in [9.17, 15) is 4.79 Å². The molecule has 1 aliphatic rings. The third-order valence-corrected chi connectivity index (χ3v) is 3.80. The van der Waals surface area contributed by atoms with Gasteiger partial charge < -0.3 is 9.80 Å².